The second-order valence-electron chi connectivity index (χ2n) is 5.89. The van der Waals surface area contributed by atoms with E-state index in [1.807, 2.05) is 30.5 Å². The Kier molecular flexibility index (Phi) is 3.74. The predicted molar refractivity (Wildman–Crippen MR) is 92.8 cm³/mol. The molecular formula is C19H16N2O4. The number of nitrogens with one attached hydrogen (secondary N) is 1. The van der Waals surface area contributed by atoms with Crippen LogP contribution in [0.15, 0.2) is 48.7 Å². The van der Waals surface area contributed by atoms with Crippen LogP contribution in [0.4, 0.5) is 5.69 Å². The minimum Gasteiger partial charge on any atom is -0.482 e. The van der Waals surface area contributed by atoms with Gasteiger partial charge in [0.05, 0.1) is 12.2 Å². The molecule has 3 aromatic rings. The lowest BCUT2D eigenvalue weighted by Gasteiger charge is -2.29. The van der Waals surface area contributed by atoms with Crippen LogP contribution in [0.3, 0.4) is 0 Å². The Hall–Kier alpha value is -3.12. The highest BCUT2D eigenvalue weighted by molar-refractivity contribution is 6.02. The number of nitrogens with zero attached hydrogens (tertiary/aromatic N) is 1. The van der Waals surface area contributed by atoms with Crippen molar-refractivity contribution in [3.63, 3.8) is 0 Å². The van der Waals surface area contributed by atoms with Crippen molar-refractivity contribution in [1.29, 1.82) is 0 Å². The van der Waals surface area contributed by atoms with E-state index in [0.29, 0.717) is 23.5 Å². The molecule has 0 aliphatic carbocycles. The molecule has 25 heavy (non-hydrogen) atoms. The van der Waals surface area contributed by atoms with Crippen LogP contribution in [0, 0.1) is 0 Å². The number of aliphatic hydroxyl groups is 1. The van der Waals surface area contributed by atoms with Crippen molar-refractivity contribution >= 4 is 28.3 Å². The molecule has 2 heterocycles. The fourth-order valence-corrected chi connectivity index (χ4v) is 3.07. The van der Waals surface area contributed by atoms with Gasteiger partial charge >= 0.3 is 0 Å². The van der Waals surface area contributed by atoms with Gasteiger partial charge in [-0.2, -0.15) is 0 Å². The Labute approximate surface area is 143 Å². The molecule has 6 nitrogen and oxygen atoms in total. The summed E-state index contributed by atoms with van der Waals surface area (Å²) in [4.78, 5) is 29.0. The molecule has 1 aromatic heterocycles. The second kappa shape index (κ2) is 6.07. The van der Waals surface area contributed by atoms with Gasteiger partial charge in [-0.05, 0) is 29.8 Å². The van der Waals surface area contributed by atoms with Gasteiger partial charge in [0.15, 0.2) is 12.4 Å². The summed E-state index contributed by atoms with van der Waals surface area (Å²) in [5, 5.41) is 10.1. The molecule has 0 atom stereocenters. The number of ether oxygens (including phenoxy) is 1. The van der Waals surface area contributed by atoms with Crippen molar-refractivity contribution < 1.29 is 19.4 Å². The average molecular weight is 336 g/mol. The molecule has 1 amide bonds. The molecule has 0 unspecified atom stereocenters. The summed E-state index contributed by atoms with van der Waals surface area (Å²) in [7, 11) is 0. The number of aliphatic hydroxyl groups excluding tert-OH is 1. The monoisotopic (exact) mass is 336 g/mol. The Morgan fingerprint density at radius 1 is 1.24 bits per heavy atom. The van der Waals surface area contributed by atoms with Crippen molar-refractivity contribution in [2.75, 3.05) is 18.1 Å². The number of benzene rings is 2. The standard InChI is InChI=1S/C19H16N2O4/c22-10-17(23)12-5-6-18-16(7-12)21(19(24)11-25-18)9-13-8-20-15-4-2-1-3-14(13)15/h1-8,20,22H,9-11H2. The summed E-state index contributed by atoms with van der Waals surface area (Å²) in [5.41, 5.74) is 2.88. The molecule has 6 heteroatoms. The van der Waals surface area contributed by atoms with Crippen LogP contribution in [-0.2, 0) is 11.3 Å². The summed E-state index contributed by atoms with van der Waals surface area (Å²) >= 11 is 0. The Morgan fingerprint density at radius 3 is 2.92 bits per heavy atom. The highest BCUT2D eigenvalue weighted by Crippen LogP contribution is 2.35. The molecule has 0 bridgehead atoms. The number of Topliss-reactive ketones (excluding diaryl/α,β-unsaturated/α-hetero) is 1. The van der Waals surface area contributed by atoms with Crippen LogP contribution in [0.25, 0.3) is 10.9 Å². The molecule has 0 radical (unpaired) electrons. The van der Waals surface area contributed by atoms with Gasteiger partial charge < -0.3 is 19.7 Å². The Bertz CT molecular complexity index is 976. The Balaban J connectivity index is 1.75. The van der Waals surface area contributed by atoms with Gasteiger partial charge in [0.25, 0.3) is 5.91 Å². The number of para-hydroxylation sites is 1. The maximum atomic E-state index is 12.4. The van der Waals surface area contributed by atoms with E-state index < -0.39 is 12.4 Å². The highest BCUT2D eigenvalue weighted by atomic mass is 16.5. The average Bonchev–Trinajstić information content (AvgIpc) is 3.06. The highest BCUT2D eigenvalue weighted by Gasteiger charge is 2.27. The number of aromatic nitrogens is 1. The lowest BCUT2D eigenvalue weighted by Crippen LogP contribution is -2.38. The first-order valence-electron chi connectivity index (χ1n) is 7.93. The predicted octanol–water partition coefficient (Wildman–Crippen LogP) is 2.27. The third-order valence-electron chi connectivity index (χ3n) is 4.37. The lowest BCUT2D eigenvalue weighted by molar-refractivity contribution is -0.121. The van der Waals surface area contributed by atoms with Crippen molar-refractivity contribution in [2.24, 2.45) is 0 Å². The number of ketones is 1. The van der Waals surface area contributed by atoms with Crippen molar-refractivity contribution in [1.82, 2.24) is 4.98 Å². The quantitative estimate of drug-likeness (QED) is 0.716. The van der Waals surface area contributed by atoms with E-state index in [4.69, 9.17) is 9.84 Å². The van der Waals surface area contributed by atoms with Gasteiger partial charge in [-0.15, -0.1) is 0 Å². The molecule has 0 saturated carbocycles. The zero-order valence-corrected chi connectivity index (χ0v) is 13.4. The van der Waals surface area contributed by atoms with Crippen LogP contribution in [0.5, 0.6) is 5.75 Å². The number of hydrogen-bond acceptors (Lipinski definition) is 4. The number of carbonyl (C=O) groups is 2. The van der Waals surface area contributed by atoms with Gasteiger partial charge in [-0.3, -0.25) is 9.59 Å². The van der Waals surface area contributed by atoms with Crippen molar-refractivity contribution in [2.45, 2.75) is 6.54 Å². The van der Waals surface area contributed by atoms with Gasteiger partial charge in [-0.25, -0.2) is 0 Å². The number of rotatable bonds is 4. The van der Waals surface area contributed by atoms with Crippen LogP contribution >= 0.6 is 0 Å². The largest absolute Gasteiger partial charge is 0.482 e. The normalized spacial score (nSPS) is 13.6. The van der Waals surface area contributed by atoms with Crippen LogP contribution in [0.2, 0.25) is 0 Å². The zero-order valence-electron chi connectivity index (χ0n) is 13.4. The van der Waals surface area contributed by atoms with E-state index in [9.17, 15) is 9.59 Å². The molecule has 0 fully saturated rings. The second-order valence-corrected chi connectivity index (χ2v) is 5.89. The van der Waals surface area contributed by atoms with Gasteiger partial charge in [0.2, 0.25) is 0 Å². The summed E-state index contributed by atoms with van der Waals surface area (Å²) in [6.07, 6.45) is 1.88. The number of carbonyl (C=O) groups excluding carboxylic acids is 2. The Morgan fingerprint density at radius 2 is 2.08 bits per heavy atom. The fourth-order valence-electron chi connectivity index (χ4n) is 3.07. The van der Waals surface area contributed by atoms with Crippen LogP contribution in [0.1, 0.15) is 15.9 Å². The van der Waals surface area contributed by atoms with Crippen molar-refractivity contribution in [3.05, 3.63) is 59.8 Å². The third-order valence-corrected chi connectivity index (χ3v) is 4.37. The number of aromatic amines is 1. The van der Waals surface area contributed by atoms with E-state index in [1.54, 1.807) is 23.1 Å². The molecule has 0 saturated heterocycles. The van der Waals surface area contributed by atoms with Crippen LogP contribution < -0.4 is 9.64 Å². The summed E-state index contributed by atoms with van der Waals surface area (Å²) in [6.45, 7) is -0.241. The lowest BCUT2D eigenvalue weighted by atomic mass is 10.1. The SMILES string of the molecule is O=C(CO)c1ccc2c(c1)N(Cc1c[nH]c3ccccc13)C(=O)CO2. The third kappa shape index (κ3) is 2.66. The maximum absolute atomic E-state index is 12.4. The number of hydrogen-bond donors (Lipinski definition) is 2. The number of fused-ring (bicyclic) bond motifs is 2. The molecule has 4 rings (SSSR count). The van der Waals surface area contributed by atoms with Gasteiger partial charge in [0, 0.05) is 22.7 Å². The van der Waals surface area contributed by atoms with Crippen LogP contribution in [-0.4, -0.2) is 35.0 Å². The first kappa shape index (κ1) is 15.4. The summed E-state index contributed by atoms with van der Waals surface area (Å²) in [6, 6.07) is 12.7. The molecule has 2 N–H and O–H groups in total. The topological polar surface area (TPSA) is 82.6 Å². The molecule has 2 aromatic carbocycles. The molecule has 126 valence electrons. The van der Waals surface area contributed by atoms with Gasteiger partial charge in [0.1, 0.15) is 12.4 Å². The first-order valence-corrected chi connectivity index (χ1v) is 7.93. The molecule has 0 spiro atoms. The maximum Gasteiger partial charge on any atom is 0.265 e. The molecular weight excluding hydrogens is 320 g/mol. The van der Waals surface area contributed by atoms with Crippen molar-refractivity contribution in [3.8, 4) is 5.75 Å². The molecule has 1 aliphatic rings. The van der Waals surface area contributed by atoms with E-state index in [-0.39, 0.29) is 12.5 Å². The smallest absolute Gasteiger partial charge is 0.265 e. The van der Waals surface area contributed by atoms with E-state index in [0.717, 1.165) is 16.5 Å². The van der Waals surface area contributed by atoms with E-state index >= 15 is 0 Å². The van der Waals surface area contributed by atoms with E-state index in [1.165, 1.54) is 0 Å². The summed E-state index contributed by atoms with van der Waals surface area (Å²) < 4.78 is 5.47. The minimum atomic E-state index is -0.573. The number of amides is 1. The van der Waals surface area contributed by atoms with Gasteiger partial charge in [-0.1, -0.05) is 18.2 Å². The van der Waals surface area contributed by atoms with E-state index in [2.05, 4.69) is 4.98 Å². The zero-order chi connectivity index (χ0) is 17.4. The fraction of sp³-hybridized carbons (Fsp3) is 0.158. The number of anilines is 1. The number of H-pyrrole nitrogens is 1. The summed E-state index contributed by atoms with van der Waals surface area (Å²) in [5.74, 6) is -0.0202. The molecule has 1 aliphatic heterocycles. The minimum absolute atomic E-state index is 0.0390. The first-order chi connectivity index (χ1) is 12.2.